The third kappa shape index (κ3) is 17.1. The van der Waals surface area contributed by atoms with Gasteiger partial charge in [-0.05, 0) is 66.7 Å². The Morgan fingerprint density at radius 2 is 0.803 bits per heavy atom. The van der Waals surface area contributed by atoms with Crippen molar-refractivity contribution >= 4 is 126 Å². The number of benzene rings is 4. The van der Waals surface area contributed by atoms with Gasteiger partial charge in [-0.1, -0.05) is 0 Å². The molecular formula is C31H34N8O24S8. The van der Waals surface area contributed by atoms with Crippen LogP contribution >= 0.6 is 0 Å². The lowest BCUT2D eigenvalue weighted by molar-refractivity contribution is 0.282. The minimum absolute atomic E-state index is 0.0867. The van der Waals surface area contributed by atoms with E-state index >= 15 is 0 Å². The summed E-state index contributed by atoms with van der Waals surface area (Å²) in [6, 6.07) is 9.14. The summed E-state index contributed by atoms with van der Waals surface area (Å²) in [4.78, 5) is -4.36. The molecule has 0 amide bonds. The van der Waals surface area contributed by atoms with Crippen molar-refractivity contribution in [1.82, 2.24) is 0 Å². The SMILES string of the molecule is CNc1c(/N=N/c2ccc(S(=O)(=O)CCOS(=O)(=O)O)cc2S(=O)(=O)O)cc(/N=N/c2ccc(S(=O)(=O)CCOS(=O)(=O)O)cc2)c(N)c1/N=N/c1ccc(S(=O)(=O)CCOS(=O)(=O)O)cc1S(=O)(=O)O. The summed E-state index contributed by atoms with van der Waals surface area (Å²) >= 11 is 0. The molecule has 0 atom stereocenters. The van der Waals surface area contributed by atoms with Crippen LogP contribution in [0.4, 0.5) is 45.5 Å². The number of nitrogens with zero attached hydrogens (tertiary/aromatic N) is 6. The maximum Gasteiger partial charge on any atom is 0.397 e. The molecule has 4 aromatic carbocycles. The molecule has 0 saturated heterocycles. The van der Waals surface area contributed by atoms with Crippen molar-refractivity contribution in [3.63, 3.8) is 0 Å². The van der Waals surface area contributed by atoms with E-state index in [-0.39, 0.29) is 16.3 Å². The van der Waals surface area contributed by atoms with Gasteiger partial charge in [0.15, 0.2) is 29.5 Å². The maximum absolute atomic E-state index is 12.8. The molecule has 0 saturated carbocycles. The zero-order valence-electron chi connectivity index (χ0n) is 35.1. The van der Waals surface area contributed by atoms with E-state index in [1.807, 2.05) is 0 Å². The highest BCUT2D eigenvalue weighted by molar-refractivity contribution is 7.92. The van der Waals surface area contributed by atoms with E-state index in [4.69, 9.17) is 19.4 Å². The fourth-order valence-corrected chi connectivity index (χ4v) is 11.2. The van der Waals surface area contributed by atoms with Crippen LogP contribution < -0.4 is 11.1 Å². The zero-order chi connectivity index (χ0) is 53.6. The van der Waals surface area contributed by atoms with Crippen LogP contribution in [-0.4, -0.2) is 134 Å². The molecule has 0 heterocycles. The smallest absolute Gasteiger partial charge is 0.395 e. The molecule has 390 valence electrons. The molecule has 0 bridgehead atoms. The van der Waals surface area contributed by atoms with Crippen LogP contribution in [0.3, 0.4) is 0 Å². The van der Waals surface area contributed by atoms with Crippen molar-refractivity contribution < 1.29 is 103 Å². The number of anilines is 2. The summed E-state index contributed by atoms with van der Waals surface area (Å²) in [7, 11) is -38.0. The second-order valence-electron chi connectivity index (χ2n) is 13.3. The van der Waals surface area contributed by atoms with Crippen molar-refractivity contribution in [3.8, 4) is 0 Å². The first kappa shape index (κ1) is 58.1. The van der Waals surface area contributed by atoms with Gasteiger partial charge in [0, 0.05) is 7.05 Å². The molecule has 4 rings (SSSR count). The van der Waals surface area contributed by atoms with Gasteiger partial charge in [0.05, 0.1) is 68.8 Å². The van der Waals surface area contributed by atoms with Crippen LogP contribution in [-0.2, 0) is 93.5 Å². The van der Waals surface area contributed by atoms with Gasteiger partial charge in [-0.25, -0.2) is 37.8 Å². The number of hydrogen-bond acceptors (Lipinski definition) is 27. The molecule has 0 unspecified atom stereocenters. The second-order valence-corrected chi connectivity index (χ2v) is 25.7. The Morgan fingerprint density at radius 1 is 0.451 bits per heavy atom. The molecular weight excluding hydrogens is 1120 g/mol. The molecule has 71 heavy (non-hydrogen) atoms. The summed E-state index contributed by atoms with van der Waals surface area (Å²) in [5, 5.41) is 26.0. The monoisotopic (exact) mass is 1160 g/mol. The lowest BCUT2D eigenvalue weighted by Gasteiger charge is -2.13. The predicted octanol–water partition coefficient (Wildman–Crippen LogP) is 2.83. The Morgan fingerprint density at radius 3 is 1.18 bits per heavy atom. The maximum atomic E-state index is 12.8. The Bertz CT molecular complexity index is 3740. The fourth-order valence-electron chi connectivity index (χ4n) is 5.27. The molecule has 0 spiro atoms. The molecule has 4 aromatic rings. The molecule has 0 aliphatic carbocycles. The van der Waals surface area contributed by atoms with Crippen LogP contribution in [0.1, 0.15) is 0 Å². The van der Waals surface area contributed by atoms with Gasteiger partial charge in [0.25, 0.3) is 20.2 Å². The highest BCUT2D eigenvalue weighted by Gasteiger charge is 2.26. The van der Waals surface area contributed by atoms with Crippen molar-refractivity contribution in [2.75, 3.05) is 55.2 Å². The molecule has 0 fully saturated rings. The Kier molecular flexibility index (Phi) is 18.1. The quantitative estimate of drug-likeness (QED) is 0.0301. The minimum Gasteiger partial charge on any atom is -0.395 e. The summed E-state index contributed by atoms with van der Waals surface area (Å²) in [5.41, 5.74) is 2.61. The van der Waals surface area contributed by atoms with Gasteiger partial charge in [0.1, 0.15) is 38.2 Å². The highest BCUT2D eigenvalue weighted by atomic mass is 32.3. The van der Waals surface area contributed by atoms with Crippen molar-refractivity contribution in [2.45, 2.75) is 24.5 Å². The lowest BCUT2D eigenvalue weighted by Crippen LogP contribution is -2.16. The lowest BCUT2D eigenvalue weighted by atomic mass is 10.1. The average molecular weight is 1160 g/mol. The van der Waals surface area contributed by atoms with Gasteiger partial charge in [-0.2, -0.15) is 47.2 Å². The Balaban J connectivity index is 1.89. The molecule has 8 N–H and O–H groups in total. The van der Waals surface area contributed by atoms with E-state index in [2.05, 4.69) is 48.6 Å². The third-order valence-electron chi connectivity index (χ3n) is 8.43. The minimum atomic E-state index is -5.37. The van der Waals surface area contributed by atoms with Crippen LogP contribution in [0, 0.1) is 0 Å². The van der Waals surface area contributed by atoms with E-state index < -0.39 is 172 Å². The summed E-state index contributed by atoms with van der Waals surface area (Å²) in [6.07, 6.45) is 0. The topological polar surface area (TPSA) is 514 Å². The fraction of sp³-hybridized carbons (Fsp3) is 0.226. The number of hydrogen-bond donors (Lipinski definition) is 7. The van der Waals surface area contributed by atoms with Crippen molar-refractivity contribution in [1.29, 1.82) is 0 Å². The summed E-state index contributed by atoms with van der Waals surface area (Å²) in [6.45, 7) is -3.16. The van der Waals surface area contributed by atoms with E-state index in [0.29, 0.717) is 12.1 Å². The van der Waals surface area contributed by atoms with Crippen LogP contribution in [0.25, 0.3) is 0 Å². The van der Waals surface area contributed by atoms with E-state index in [1.165, 1.54) is 7.05 Å². The Labute approximate surface area is 403 Å². The number of nitrogens with two attached hydrogens (primary N) is 1. The summed E-state index contributed by atoms with van der Waals surface area (Å²) in [5.74, 6) is -3.13. The number of azo groups is 3. The molecule has 0 aromatic heterocycles. The first-order chi connectivity index (χ1) is 32.4. The number of sulfone groups is 3. The molecule has 32 nitrogen and oxygen atoms in total. The predicted molar refractivity (Wildman–Crippen MR) is 241 cm³/mol. The van der Waals surface area contributed by atoms with E-state index in [9.17, 15) is 76.4 Å². The van der Waals surface area contributed by atoms with E-state index in [1.54, 1.807) is 0 Å². The number of rotatable bonds is 24. The molecule has 0 aliphatic heterocycles. The van der Waals surface area contributed by atoms with Crippen molar-refractivity contribution in [2.24, 2.45) is 30.7 Å². The van der Waals surface area contributed by atoms with Gasteiger partial charge >= 0.3 is 31.2 Å². The van der Waals surface area contributed by atoms with Crippen LogP contribution in [0.2, 0.25) is 0 Å². The second kappa shape index (κ2) is 22.1. The van der Waals surface area contributed by atoms with Crippen LogP contribution in [0.5, 0.6) is 0 Å². The first-order valence-electron chi connectivity index (χ1n) is 18.2. The standard InChI is InChI=1S/C31H34N8O24S8/c1-33-30-26(38-35-23-8-6-21(16-27(23)67(46,47)48)65(42,43)14-11-62-70(55,56)57)18-25(37-34-19-2-4-20(5-3-19)64(40,41)13-10-61-69(52,53)54)29(32)31(30)39-36-24-9-7-22(17-28(24)68(49,50)51)66(44,45)15-12-63-71(58,59)60/h2-9,16-18,33H,10-15,32H2,1H3,(H,46,47,48)(H,49,50,51)(H,52,53,54)(H,55,56,57)(H,58,59,60)/b37-34+,38-35+,39-36+. The van der Waals surface area contributed by atoms with Gasteiger partial charge in [-0.3, -0.25) is 22.8 Å². The van der Waals surface area contributed by atoms with Gasteiger partial charge in [0.2, 0.25) is 0 Å². The number of nitrogen functional groups attached to an aromatic ring is 1. The van der Waals surface area contributed by atoms with E-state index in [0.717, 1.165) is 54.6 Å². The first-order valence-corrected chi connectivity index (χ1v) is 30.1. The summed E-state index contributed by atoms with van der Waals surface area (Å²) < 4.78 is 250. The van der Waals surface area contributed by atoms with Crippen molar-refractivity contribution in [3.05, 3.63) is 66.7 Å². The highest BCUT2D eigenvalue weighted by Crippen LogP contribution is 2.47. The number of nitrogens with one attached hydrogen (secondary N) is 1. The largest absolute Gasteiger partial charge is 0.397 e. The van der Waals surface area contributed by atoms with Crippen LogP contribution in [0.15, 0.2) is 122 Å². The Hall–Kier alpha value is -5.44. The normalized spacial score (nSPS) is 13.7. The average Bonchev–Trinajstić information content (AvgIpc) is 3.22. The van der Waals surface area contributed by atoms with Gasteiger partial charge in [-0.15, -0.1) is 25.6 Å². The zero-order valence-corrected chi connectivity index (χ0v) is 41.6. The molecule has 0 radical (unpaired) electrons. The molecule has 0 aliphatic rings. The third-order valence-corrected chi connectivity index (χ3v) is 16.6. The molecule has 40 heteroatoms. The van der Waals surface area contributed by atoms with Gasteiger partial charge < -0.3 is 11.1 Å².